The molecule has 0 aromatic rings. The van der Waals surface area contributed by atoms with Crippen LogP contribution in [0.4, 0.5) is 0 Å². The number of phosphoric ester groups is 1. The lowest BCUT2D eigenvalue weighted by Gasteiger charge is -2.28. The Morgan fingerprint density at radius 1 is 0.554 bits per heavy atom. The van der Waals surface area contributed by atoms with Crippen molar-refractivity contribution in [3.8, 4) is 0 Å². The summed E-state index contributed by atoms with van der Waals surface area (Å²) in [5.41, 5.74) is 0. The van der Waals surface area contributed by atoms with E-state index in [0.717, 1.165) is 57.8 Å². The smallest absolute Gasteiger partial charge is 0.306 e. The van der Waals surface area contributed by atoms with Crippen molar-refractivity contribution in [2.75, 3.05) is 54.1 Å². The van der Waals surface area contributed by atoms with Crippen molar-refractivity contribution in [3.05, 3.63) is 36.5 Å². The molecule has 0 saturated carbocycles. The van der Waals surface area contributed by atoms with E-state index in [2.05, 4.69) is 50.3 Å². The summed E-state index contributed by atoms with van der Waals surface area (Å²) in [6.45, 7) is 5.40. The maximum atomic E-state index is 12.7. The maximum Gasteiger partial charge on any atom is 0.306 e. The van der Waals surface area contributed by atoms with Crippen molar-refractivity contribution >= 4 is 13.8 Å². The maximum absolute atomic E-state index is 12.7. The van der Waals surface area contributed by atoms with Gasteiger partial charge in [0.05, 0.1) is 34.4 Å². The highest BCUT2D eigenvalue weighted by Crippen LogP contribution is 2.38. The number of likely N-dealkylation sites (N-methyl/N-ethyl adjacent to an activating group) is 1. The molecule has 8 nitrogen and oxygen atoms in total. The molecule has 0 N–H and O–H groups in total. The van der Waals surface area contributed by atoms with Gasteiger partial charge >= 0.3 is 5.97 Å². The highest BCUT2D eigenvalue weighted by atomic mass is 31.2. The second kappa shape index (κ2) is 40.5. The van der Waals surface area contributed by atoms with Crippen LogP contribution in [0.5, 0.6) is 0 Å². The molecule has 0 heterocycles. The lowest BCUT2D eigenvalue weighted by atomic mass is 10.0. The van der Waals surface area contributed by atoms with Gasteiger partial charge in [0, 0.05) is 13.0 Å². The van der Waals surface area contributed by atoms with E-state index >= 15 is 0 Å². The van der Waals surface area contributed by atoms with Crippen LogP contribution in [-0.2, 0) is 27.9 Å². The molecule has 0 bridgehead atoms. The second-order valence-corrected chi connectivity index (χ2v) is 18.2. The van der Waals surface area contributed by atoms with Gasteiger partial charge in [-0.15, -0.1) is 0 Å². The molecule has 9 heteroatoms. The number of carbonyl (C=O) groups is 1. The number of esters is 1. The third-order valence-corrected chi connectivity index (χ3v) is 10.9. The van der Waals surface area contributed by atoms with Crippen LogP contribution >= 0.6 is 7.82 Å². The van der Waals surface area contributed by atoms with Gasteiger partial charge in [-0.25, -0.2) is 0 Å². The molecule has 0 spiro atoms. The van der Waals surface area contributed by atoms with Crippen LogP contribution in [0.1, 0.15) is 200 Å². The van der Waals surface area contributed by atoms with Crippen LogP contribution in [0.25, 0.3) is 0 Å². The Morgan fingerprint density at radius 3 is 1.46 bits per heavy atom. The summed E-state index contributed by atoms with van der Waals surface area (Å²) in [5, 5.41) is 0. The van der Waals surface area contributed by atoms with Crippen LogP contribution in [0.15, 0.2) is 36.5 Å². The summed E-state index contributed by atoms with van der Waals surface area (Å²) in [6, 6.07) is 0. The van der Waals surface area contributed by atoms with Crippen molar-refractivity contribution in [2.45, 2.75) is 206 Å². The summed E-state index contributed by atoms with van der Waals surface area (Å²) in [4.78, 5) is 25.1. The van der Waals surface area contributed by atoms with Gasteiger partial charge in [0.2, 0.25) is 0 Å². The van der Waals surface area contributed by atoms with Crippen molar-refractivity contribution < 1.29 is 37.3 Å². The largest absolute Gasteiger partial charge is 0.756 e. The van der Waals surface area contributed by atoms with E-state index in [1.54, 1.807) is 0 Å². The monoisotopic (exact) mass is 812 g/mol. The molecule has 0 fully saturated rings. The summed E-state index contributed by atoms with van der Waals surface area (Å²) in [6.07, 6.45) is 47.2. The summed E-state index contributed by atoms with van der Waals surface area (Å²) in [5.74, 6) is -0.345. The van der Waals surface area contributed by atoms with Gasteiger partial charge < -0.3 is 27.9 Å². The Labute approximate surface area is 346 Å². The number of hydrogen-bond donors (Lipinski definition) is 0. The summed E-state index contributed by atoms with van der Waals surface area (Å²) in [7, 11) is 1.35. The molecule has 0 saturated heterocycles. The fraction of sp³-hybridized carbons (Fsp3) is 0.851. The first-order chi connectivity index (χ1) is 27.1. The normalized spacial score (nSPS) is 14.0. The highest BCUT2D eigenvalue weighted by Gasteiger charge is 2.20. The Morgan fingerprint density at radius 2 is 0.982 bits per heavy atom. The van der Waals surface area contributed by atoms with E-state index in [9.17, 15) is 14.3 Å². The van der Waals surface area contributed by atoms with E-state index in [1.807, 2.05) is 21.1 Å². The molecule has 0 aliphatic carbocycles. The molecule has 0 radical (unpaired) electrons. The first-order valence-electron chi connectivity index (χ1n) is 23.2. The van der Waals surface area contributed by atoms with Gasteiger partial charge in [0.25, 0.3) is 7.82 Å². The van der Waals surface area contributed by atoms with Gasteiger partial charge in [0.1, 0.15) is 19.3 Å². The molecule has 2 atom stereocenters. The molecular formula is C47H90NO7P. The fourth-order valence-corrected chi connectivity index (χ4v) is 7.05. The number of carbonyl (C=O) groups excluding carboxylic acids is 1. The number of rotatable bonds is 43. The molecule has 0 aromatic carbocycles. The molecule has 330 valence electrons. The summed E-state index contributed by atoms with van der Waals surface area (Å²) >= 11 is 0. The van der Waals surface area contributed by atoms with E-state index in [4.69, 9.17) is 18.5 Å². The number of phosphoric acid groups is 1. The van der Waals surface area contributed by atoms with Crippen molar-refractivity contribution in [2.24, 2.45) is 0 Å². The zero-order valence-electron chi connectivity index (χ0n) is 37.3. The van der Waals surface area contributed by atoms with Crippen LogP contribution in [0.3, 0.4) is 0 Å². The van der Waals surface area contributed by atoms with Crippen molar-refractivity contribution in [1.82, 2.24) is 0 Å². The molecule has 0 aliphatic rings. The Balaban J connectivity index is 4.21. The first kappa shape index (κ1) is 54.7. The average Bonchev–Trinajstić information content (AvgIpc) is 3.15. The number of nitrogens with zero attached hydrogens (tertiary/aromatic N) is 1. The van der Waals surface area contributed by atoms with E-state index < -0.39 is 13.9 Å². The Kier molecular flexibility index (Phi) is 39.6. The third-order valence-electron chi connectivity index (χ3n) is 9.94. The zero-order chi connectivity index (χ0) is 41.3. The van der Waals surface area contributed by atoms with E-state index in [-0.39, 0.29) is 25.8 Å². The van der Waals surface area contributed by atoms with Gasteiger partial charge in [0.15, 0.2) is 0 Å². The Bertz CT molecular complexity index is 994. The van der Waals surface area contributed by atoms with Gasteiger partial charge in [-0.05, 0) is 51.4 Å². The quantitative estimate of drug-likeness (QED) is 0.0199. The minimum absolute atomic E-state index is 0.0240. The third kappa shape index (κ3) is 43.8. The lowest BCUT2D eigenvalue weighted by Crippen LogP contribution is -2.37. The van der Waals surface area contributed by atoms with Crippen LogP contribution in [0.2, 0.25) is 0 Å². The Hall–Kier alpha value is -1.28. The first-order valence-corrected chi connectivity index (χ1v) is 24.7. The number of hydrogen-bond acceptors (Lipinski definition) is 7. The molecule has 0 amide bonds. The molecule has 0 rings (SSSR count). The van der Waals surface area contributed by atoms with Gasteiger partial charge in [-0.1, -0.05) is 179 Å². The summed E-state index contributed by atoms with van der Waals surface area (Å²) < 4.78 is 34.6. The van der Waals surface area contributed by atoms with Crippen LogP contribution in [-0.4, -0.2) is 70.7 Å². The van der Waals surface area contributed by atoms with Crippen LogP contribution < -0.4 is 4.89 Å². The van der Waals surface area contributed by atoms with Gasteiger partial charge in [-0.2, -0.15) is 0 Å². The average molecular weight is 812 g/mol. The predicted molar refractivity (Wildman–Crippen MR) is 236 cm³/mol. The minimum atomic E-state index is -4.53. The molecule has 0 aliphatic heterocycles. The second-order valence-electron chi connectivity index (χ2n) is 16.8. The molecule has 2 unspecified atom stereocenters. The molecule has 56 heavy (non-hydrogen) atoms. The number of ether oxygens (including phenoxy) is 2. The number of allylic oxidation sites excluding steroid dienone is 6. The van der Waals surface area contributed by atoms with Crippen LogP contribution in [0, 0.1) is 0 Å². The van der Waals surface area contributed by atoms with Crippen molar-refractivity contribution in [1.29, 1.82) is 0 Å². The van der Waals surface area contributed by atoms with Gasteiger partial charge in [-0.3, -0.25) is 9.36 Å². The number of quaternary nitrogens is 1. The lowest BCUT2D eigenvalue weighted by molar-refractivity contribution is -0.870. The van der Waals surface area contributed by atoms with E-state index in [1.165, 1.54) is 122 Å². The SMILES string of the molecule is CCCCCCC/C=C\C/C=C\C/C=C\CCCCCCCCC(=O)OC(COCCCCCCCCCCCCCCC)COP(=O)([O-])OCC[N+](C)(C)C. The standard InChI is InChI=1S/C47H90NO7P/c1-6-8-10-12-14-16-18-20-21-22-23-24-25-26-27-28-30-32-34-36-38-40-47(49)55-46(45-54-56(50,51)53-43-41-48(3,4)5)44-52-42-39-37-35-33-31-29-19-17-15-13-11-9-7-2/h18,20,22-23,25-26,46H,6-17,19,21,24,27-45H2,1-5H3/b20-18-,23-22-,26-25-. The highest BCUT2D eigenvalue weighted by molar-refractivity contribution is 7.45. The van der Waals surface area contributed by atoms with Crippen molar-refractivity contribution in [3.63, 3.8) is 0 Å². The molecular weight excluding hydrogens is 721 g/mol. The van der Waals surface area contributed by atoms with E-state index in [0.29, 0.717) is 24.1 Å². The predicted octanol–water partition coefficient (Wildman–Crippen LogP) is 13.1. The number of unbranched alkanes of at least 4 members (excludes halogenated alkanes) is 23. The fourth-order valence-electron chi connectivity index (χ4n) is 6.32. The minimum Gasteiger partial charge on any atom is -0.756 e. The molecule has 0 aromatic heterocycles. The topological polar surface area (TPSA) is 94.1 Å². The zero-order valence-corrected chi connectivity index (χ0v) is 38.2.